The maximum absolute atomic E-state index is 12.9. The van der Waals surface area contributed by atoms with E-state index in [0.717, 1.165) is 11.3 Å². The van der Waals surface area contributed by atoms with Crippen LogP contribution in [0, 0.1) is 5.92 Å². The van der Waals surface area contributed by atoms with Gasteiger partial charge in [-0.2, -0.15) is 13.2 Å². The van der Waals surface area contributed by atoms with E-state index >= 15 is 0 Å². The van der Waals surface area contributed by atoms with Crippen molar-refractivity contribution in [3.8, 4) is 0 Å². The third-order valence-electron chi connectivity index (χ3n) is 6.64. The third-order valence-corrected chi connectivity index (χ3v) is 7.96. The molecule has 4 rings (SSSR count). The molecule has 1 aromatic carbocycles. The predicted octanol–water partition coefficient (Wildman–Crippen LogP) is 3.35. The van der Waals surface area contributed by atoms with Crippen LogP contribution in [0.1, 0.15) is 53.0 Å². The lowest BCUT2D eigenvalue weighted by Crippen LogP contribution is -2.40. The number of fused-ring (bicyclic) bond motifs is 1. The number of nitrogens with zero attached hydrogens (tertiary/aromatic N) is 2. The second-order valence-electron chi connectivity index (χ2n) is 9.22. The minimum Gasteiger partial charge on any atom is -0.394 e. The number of amides is 1. The molecule has 4 atom stereocenters. The highest BCUT2D eigenvalue weighted by molar-refractivity contribution is 7.85. The fourth-order valence-corrected chi connectivity index (χ4v) is 5.42. The first-order valence-electron chi connectivity index (χ1n) is 12.0. The van der Waals surface area contributed by atoms with Crippen LogP contribution < -0.4 is 5.32 Å². The molecule has 3 heterocycles. The Hall–Kier alpha value is -2.34. The van der Waals surface area contributed by atoms with Gasteiger partial charge in [0.15, 0.2) is 6.10 Å². The minimum atomic E-state index is -4.32. The number of alkyl halides is 3. The summed E-state index contributed by atoms with van der Waals surface area (Å²) >= 11 is 0. The monoisotopic (exact) mass is 525 g/mol. The molecule has 36 heavy (non-hydrogen) atoms. The average molecular weight is 526 g/mol. The van der Waals surface area contributed by atoms with Gasteiger partial charge in [-0.15, -0.1) is 0 Å². The van der Waals surface area contributed by atoms with E-state index < -0.39 is 29.1 Å². The Balaban J connectivity index is 1.33. The van der Waals surface area contributed by atoms with Crippen LogP contribution >= 0.6 is 0 Å². The molecule has 7 nitrogen and oxygen atoms in total. The molecule has 1 saturated heterocycles. The van der Waals surface area contributed by atoms with Crippen molar-refractivity contribution in [3.63, 3.8) is 0 Å². The van der Waals surface area contributed by atoms with Gasteiger partial charge < -0.3 is 15.2 Å². The molecule has 0 saturated carbocycles. The van der Waals surface area contributed by atoms with Crippen molar-refractivity contribution in [1.29, 1.82) is 0 Å². The smallest absolute Gasteiger partial charge is 0.394 e. The Morgan fingerprint density at radius 3 is 2.64 bits per heavy atom. The number of rotatable bonds is 8. The zero-order valence-electron chi connectivity index (χ0n) is 20.0. The van der Waals surface area contributed by atoms with Crippen molar-refractivity contribution < 1.29 is 32.0 Å². The number of hydrogen-bond acceptors (Lipinski definition) is 6. The van der Waals surface area contributed by atoms with Gasteiger partial charge >= 0.3 is 6.18 Å². The SMILES string of the molecule is CCS(=O)c1ccc([C@H](CO)NC(=O)c2cnc3c(c2)CN(C[C@@H]2CCC(C(F)(F)F)OC2)C3)cc1. The number of aromatic nitrogens is 1. The number of aliphatic hydroxyl groups excluding tert-OH is 1. The van der Waals surface area contributed by atoms with Gasteiger partial charge in [0.05, 0.1) is 41.3 Å². The molecule has 0 radical (unpaired) electrons. The van der Waals surface area contributed by atoms with E-state index in [1.165, 1.54) is 6.20 Å². The van der Waals surface area contributed by atoms with Crippen LogP contribution in [0.4, 0.5) is 13.2 Å². The Bertz CT molecular complexity index is 1090. The van der Waals surface area contributed by atoms with Gasteiger partial charge in [0.1, 0.15) is 0 Å². The molecule has 1 fully saturated rings. The summed E-state index contributed by atoms with van der Waals surface area (Å²) in [6.45, 7) is 3.35. The summed E-state index contributed by atoms with van der Waals surface area (Å²) in [6, 6.07) is 8.10. The van der Waals surface area contributed by atoms with Gasteiger partial charge in [-0.25, -0.2) is 0 Å². The molecule has 2 aromatic rings. The largest absolute Gasteiger partial charge is 0.414 e. The number of pyridine rings is 1. The van der Waals surface area contributed by atoms with Crippen molar-refractivity contribution >= 4 is 16.7 Å². The second-order valence-corrected chi connectivity index (χ2v) is 11.0. The topological polar surface area (TPSA) is 91.8 Å². The quantitative estimate of drug-likeness (QED) is 0.550. The number of hydrogen-bond donors (Lipinski definition) is 2. The van der Waals surface area contributed by atoms with Crippen molar-refractivity contribution in [2.24, 2.45) is 5.92 Å². The Morgan fingerprint density at radius 1 is 1.28 bits per heavy atom. The fraction of sp³-hybridized carbons (Fsp3) is 0.520. The molecular formula is C25H30F3N3O4S. The number of carbonyl (C=O) groups excluding carboxylic acids is 1. The first-order valence-corrected chi connectivity index (χ1v) is 13.3. The van der Waals surface area contributed by atoms with E-state index in [0.29, 0.717) is 47.8 Å². The molecular weight excluding hydrogens is 495 g/mol. The summed E-state index contributed by atoms with van der Waals surface area (Å²) < 4.78 is 55.4. The molecule has 2 unspecified atom stereocenters. The van der Waals surface area contributed by atoms with E-state index in [-0.39, 0.29) is 31.5 Å². The lowest BCUT2D eigenvalue weighted by molar-refractivity contribution is -0.236. The van der Waals surface area contributed by atoms with E-state index in [1.54, 1.807) is 30.3 Å². The average Bonchev–Trinajstić information content (AvgIpc) is 3.28. The van der Waals surface area contributed by atoms with Crippen LogP contribution in [0.5, 0.6) is 0 Å². The maximum atomic E-state index is 12.9. The predicted molar refractivity (Wildman–Crippen MR) is 128 cm³/mol. The number of halogens is 3. The standard InChI is InChI=1S/C25H30F3N3O4S/c1-2-36(34)20-6-4-17(5-7-20)22(14-32)30-24(33)18-9-19-12-31(13-21(19)29-10-18)11-16-3-8-23(35-15-16)25(26,27)28/h4-7,9-10,16,22-23,32H,2-3,8,11-15H2,1H3,(H,30,33)/t16-,22-,23?,36?/m0/s1. The van der Waals surface area contributed by atoms with Gasteiger partial charge in [0.2, 0.25) is 0 Å². The summed E-state index contributed by atoms with van der Waals surface area (Å²) in [5.41, 5.74) is 2.81. The number of benzene rings is 1. The van der Waals surface area contributed by atoms with Crippen LogP contribution in [0.15, 0.2) is 41.4 Å². The van der Waals surface area contributed by atoms with E-state index in [4.69, 9.17) is 4.74 Å². The zero-order valence-corrected chi connectivity index (χ0v) is 20.8. The summed E-state index contributed by atoms with van der Waals surface area (Å²) in [5.74, 6) is 0.157. The fourth-order valence-electron chi connectivity index (χ4n) is 4.65. The molecule has 1 amide bonds. The van der Waals surface area contributed by atoms with Gasteiger partial charge in [0.25, 0.3) is 5.91 Å². The van der Waals surface area contributed by atoms with Crippen molar-refractivity contribution in [3.05, 3.63) is 58.9 Å². The summed E-state index contributed by atoms with van der Waals surface area (Å²) in [6.07, 6.45) is -4.06. The first kappa shape index (κ1) is 26.7. The van der Waals surface area contributed by atoms with E-state index in [2.05, 4.69) is 15.2 Å². The number of aliphatic hydroxyl groups is 1. The molecule has 11 heteroatoms. The van der Waals surface area contributed by atoms with Crippen molar-refractivity contribution in [2.75, 3.05) is 25.5 Å². The highest BCUT2D eigenvalue weighted by Gasteiger charge is 2.43. The molecule has 2 N–H and O–H groups in total. The van der Waals surface area contributed by atoms with Gasteiger partial charge in [0, 0.05) is 36.5 Å². The Labute approximate surface area is 210 Å². The molecule has 0 spiro atoms. The van der Waals surface area contributed by atoms with Gasteiger partial charge in [-0.3, -0.25) is 18.9 Å². The minimum absolute atomic E-state index is 0.0205. The Kier molecular flexibility index (Phi) is 8.44. The van der Waals surface area contributed by atoms with Gasteiger partial charge in [-0.1, -0.05) is 19.1 Å². The van der Waals surface area contributed by atoms with Gasteiger partial charge in [-0.05, 0) is 48.1 Å². The zero-order chi connectivity index (χ0) is 25.9. The highest BCUT2D eigenvalue weighted by Crippen LogP contribution is 2.33. The maximum Gasteiger partial charge on any atom is 0.414 e. The summed E-state index contributed by atoms with van der Waals surface area (Å²) in [7, 11) is -1.08. The normalized spacial score (nSPS) is 22.1. The van der Waals surface area contributed by atoms with Crippen LogP contribution in [0.3, 0.4) is 0 Å². The number of nitrogens with one attached hydrogen (secondary N) is 1. The molecule has 0 aliphatic carbocycles. The van der Waals surface area contributed by atoms with Crippen LogP contribution in [-0.4, -0.2) is 62.9 Å². The van der Waals surface area contributed by atoms with Crippen molar-refractivity contribution in [1.82, 2.24) is 15.2 Å². The summed E-state index contributed by atoms with van der Waals surface area (Å²) in [5, 5.41) is 12.7. The lowest BCUT2D eigenvalue weighted by atomic mass is 9.97. The van der Waals surface area contributed by atoms with Crippen LogP contribution in [-0.2, 0) is 28.6 Å². The highest BCUT2D eigenvalue weighted by atomic mass is 32.2. The second kappa shape index (κ2) is 11.4. The Morgan fingerprint density at radius 2 is 2.03 bits per heavy atom. The number of ether oxygens (including phenoxy) is 1. The molecule has 0 bridgehead atoms. The molecule has 196 valence electrons. The number of carbonyl (C=O) groups is 1. The van der Waals surface area contributed by atoms with E-state index in [9.17, 15) is 27.3 Å². The third kappa shape index (κ3) is 6.31. The lowest BCUT2D eigenvalue weighted by Gasteiger charge is -2.32. The van der Waals surface area contributed by atoms with Crippen LogP contribution in [0.2, 0.25) is 0 Å². The summed E-state index contributed by atoms with van der Waals surface area (Å²) in [4.78, 5) is 20.1. The van der Waals surface area contributed by atoms with Crippen molar-refractivity contribution in [2.45, 2.75) is 56.1 Å². The molecule has 2 aliphatic heterocycles. The van der Waals surface area contributed by atoms with Crippen LogP contribution in [0.25, 0.3) is 0 Å². The van der Waals surface area contributed by atoms with E-state index in [1.807, 2.05) is 6.92 Å². The molecule has 1 aromatic heterocycles. The first-order chi connectivity index (χ1) is 17.2. The molecule has 2 aliphatic rings.